The second-order valence-corrected chi connectivity index (χ2v) is 10.2. The van der Waals surface area contributed by atoms with Gasteiger partial charge in [-0.05, 0) is 94.7 Å². The average molecular weight is 554 g/mol. The van der Waals surface area contributed by atoms with Crippen molar-refractivity contribution in [1.82, 2.24) is 9.47 Å². The quantitative estimate of drug-likeness (QED) is 0.213. The van der Waals surface area contributed by atoms with E-state index in [-0.39, 0.29) is 11.5 Å². The maximum absolute atomic E-state index is 13.4. The van der Waals surface area contributed by atoms with Crippen LogP contribution in [0.3, 0.4) is 0 Å². The van der Waals surface area contributed by atoms with Crippen molar-refractivity contribution in [2.24, 2.45) is 0 Å². The standard InChI is InChI=1S/C32H35N5O4/c1-6-37-20(2)25(26-18-24(40-5)12-13-28(26)37)19-30-31(38)27-17-23(11-14-29(27)41-30)35-32(39)34-22-9-7-21(8-10-22)33-15-16-36(3)4/h7-14,17-19,33H,6,15-16H2,1-5H3,(H2,34,35,39)/b30-19-. The van der Waals surface area contributed by atoms with Crippen LogP contribution in [0.4, 0.5) is 21.9 Å². The first kappa shape index (κ1) is 27.8. The normalized spacial score (nSPS) is 13.4. The van der Waals surface area contributed by atoms with Gasteiger partial charge in [-0.15, -0.1) is 0 Å². The van der Waals surface area contributed by atoms with Gasteiger partial charge in [0.2, 0.25) is 5.78 Å². The van der Waals surface area contributed by atoms with Crippen LogP contribution in [0.1, 0.15) is 28.5 Å². The van der Waals surface area contributed by atoms with E-state index in [1.807, 2.05) is 63.5 Å². The monoisotopic (exact) mass is 553 g/mol. The van der Waals surface area contributed by atoms with Crippen LogP contribution in [-0.2, 0) is 6.54 Å². The largest absolute Gasteiger partial charge is 0.497 e. The van der Waals surface area contributed by atoms with Gasteiger partial charge in [0.25, 0.3) is 0 Å². The Kier molecular flexibility index (Phi) is 7.98. The molecule has 0 saturated carbocycles. The average Bonchev–Trinajstić information content (AvgIpc) is 3.41. The van der Waals surface area contributed by atoms with Crippen molar-refractivity contribution in [2.75, 3.05) is 50.2 Å². The maximum atomic E-state index is 13.4. The van der Waals surface area contributed by atoms with Crippen molar-refractivity contribution in [2.45, 2.75) is 20.4 Å². The van der Waals surface area contributed by atoms with Crippen LogP contribution in [0.25, 0.3) is 17.0 Å². The number of hydrogen-bond donors (Lipinski definition) is 3. The predicted octanol–water partition coefficient (Wildman–Crippen LogP) is 6.21. The number of methoxy groups -OCH3 is 1. The van der Waals surface area contributed by atoms with Crippen molar-refractivity contribution in [3.8, 4) is 11.5 Å². The fourth-order valence-corrected chi connectivity index (χ4v) is 4.99. The number of hydrogen-bond acceptors (Lipinski definition) is 6. The number of ketones is 1. The van der Waals surface area contributed by atoms with Crippen LogP contribution in [-0.4, -0.2) is 55.6 Å². The Morgan fingerprint density at radius 3 is 2.41 bits per heavy atom. The van der Waals surface area contributed by atoms with Crippen LogP contribution in [0, 0.1) is 6.92 Å². The molecule has 0 saturated heterocycles. The molecule has 4 aromatic rings. The number of benzene rings is 3. The van der Waals surface area contributed by atoms with E-state index in [1.165, 1.54) is 0 Å². The second-order valence-electron chi connectivity index (χ2n) is 10.2. The number of carbonyl (C=O) groups excluding carboxylic acids is 2. The number of urea groups is 1. The van der Waals surface area contributed by atoms with Crippen molar-refractivity contribution in [3.63, 3.8) is 0 Å². The first-order valence-electron chi connectivity index (χ1n) is 13.6. The summed E-state index contributed by atoms with van der Waals surface area (Å²) < 4.78 is 13.6. The number of nitrogens with zero attached hydrogens (tertiary/aromatic N) is 2. The summed E-state index contributed by atoms with van der Waals surface area (Å²) in [5.41, 5.74) is 5.53. The first-order chi connectivity index (χ1) is 19.8. The van der Waals surface area contributed by atoms with E-state index < -0.39 is 6.03 Å². The molecule has 0 aliphatic carbocycles. The molecule has 0 spiro atoms. The number of aryl methyl sites for hydroxylation is 1. The Morgan fingerprint density at radius 1 is 1.00 bits per heavy atom. The lowest BCUT2D eigenvalue weighted by molar-refractivity contribution is 0.101. The SMILES string of the molecule is CCn1c(C)c(/C=C2\Oc3ccc(NC(=O)Nc4ccc(NCCN(C)C)cc4)cc3C2=O)c2cc(OC)ccc21. The van der Waals surface area contributed by atoms with Crippen LogP contribution in [0.15, 0.2) is 66.4 Å². The zero-order valence-electron chi connectivity index (χ0n) is 24.0. The lowest BCUT2D eigenvalue weighted by atomic mass is 10.1. The molecule has 3 aromatic carbocycles. The lowest BCUT2D eigenvalue weighted by Gasteiger charge is -2.12. The minimum Gasteiger partial charge on any atom is -0.497 e. The molecule has 9 heteroatoms. The molecule has 1 aliphatic rings. The summed E-state index contributed by atoms with van der Waals surface area (Å²) in [6.45, 7) is 6.66. The zero-order chi connectivity index (χ0) is 29.1. The van der Waals surface area contributed by atoms with Crippen LogP contribution >= 0.6 is 0 Å². The third-order valence-corrected chi connectivity index (χ3v) is 7.13. The second kappa shape index (κ2) is 11.8. The number of ether oxygens (including phenoxy) is 2. The van der Waals surface area contributed by atoms with E-state index in [4.69, 9.17) is 9.47 Å². The van der Waals surface area contributed by atoms with Crippen molar-refractivity contribution in [3.05, 3.63) is 83.2 Å². The van der Waals surface area contributed by atoms with E-state index in [0.29, 0.717) is 22.7 Å². The van der Waals surface area contributed by atoms with Gasteiger partial charge in [0, 0.05) is 58.9 Å². The molecule has 9 nitrogen and oxygen atoms in total. The summed E-state index contributed by atoms with van der Waals surface area (Å²) in [7, 11) is 5.69. The Hall–Kier alpha value is -4.76. The molecule has 2 amide bonds. The number of carbonyl (C=O) groups is 2. The van der Waals surface area contributed by atoms with Crippen LogP contribution < -0.4 is 25.4 Å². The van der Waals surface area contributed by atoms with Gasteiger partial charge in [-0.3, -0.25) is 4.79 Å². The third-order valence-electron chi connectivity index (χ3n) is 7.13. The van der Waals surface area contributed by atoms with Crippen molar-refractivity contribution >= 4 is 45.9 Å². The molecule has 5 rings (SSSR count). The third kappa shape index (κ3) is 5.90. The number of nitrogens with one attached hydrogen (secondary N) is 3. The first-order valence-corrected chi connectivity index (χ1v) is 13.6. The summed E-state index contributed by atoms with van der Waals surface area (Å²) >= 11 is 0. The molecular formula is C32H35N5O4. The number of Topliss-reactive ketones (excluding diaryl/α,β-unsaturated/α-hetero) is 1. The molecule has 1 aliphatic heterocycles. The van der Waals surface area contributed by atoms with Crippen LogP contribution in [0.2, 0.25) is 0 Å². The number of aromatic nitrogens is 1. The minimum absolute atomic E-state index is 0.235. The van der Waals surface area contributed by atoms with E-state index in [2.05, 4.69) is 32.3 Å². The molecule has 0 unspecified atom stereocenters. The zero-order valence-corrected chi connectivity index (χ0v) is 24.0. The van der Waals surface area contributed by atoms with Gasteiger partial charge in [0.1, 0.15) is 11.5 Å². The lowest BCUT2D eigenvalue weighted by Crippen LogP contribution is -2.21. The van der Waals surface area contributed by atoms with E-state index in [9.17, 15) is 9.59 Å². The van der Waals surface area contributed by atoms with Gasteiger partial charge in [0.05, 0.1) is 12.7 Å². The highest BCUT2D eigenvalue weighted by atomic mass is 16.5. The van der Waals surface area contributed by atoms with Gasteiger partial charge >= 0.3 is 6.03 Å². The fourth-order valence-electron chi connectivity index (χ4n) is 4.99. The molecule has 3 N–H and O–H groups in total. The summed E-state index contributed by atoms with van der Waals surface area (Å²) in [5.74, 6) is 1.20. The summed E-state index contributed by atoms with van der Waals surface area (Å²) in [6, 6.07) is 18.1. The van der Waals surface area contributed by atoms with E-state index >= 15 is 0 Å². The highest BCUT2D eigenvalue weighted by Gasteiger charge is 2.29. The van der Waals surface area contributed by atoms with Gasteiger partial charge in [-0.2, -0.15) is 0 Å². The summed E-state index contributed by atoms with van der Waals surface area (Å²) in [6.07, 6.45) is 1.80. The van der Waals surface area contributed by atoms with Crippen LogP contribution in [0.5, 0.6) is 11.5 Å². The number of likely N-dealkylation sites (N-methyl/N-ethyl adjacent to an activating group) is 1. The topological polar surface area (TPSA) is 96.9 Å². The molecule has 0 bridgehead atoms. The van der Waals surface area contributed by atoms with Gasteiger partial charge < -0.3 is 34.9 Å². The summed E-state index contributed by atoms with van der Waals surface area (Å²) in [5, 5.41) is 9.96. The Bertz CT molecular complexity index is 1640. The van der Waals surface area contributed by atoms with Gasteiger partial charge in [-0.25, -0.2) is 4.79 Å². The molecule has 41 heavy (non-hydrogen) atoms. The highest BCUT2D eigenvalue weighted by Crippen LogP contribution is 2.36. The number of rotatable bonds is 9. The van der Waals surface area contributed by atoms with Gasteiger partial charge in [-0.1, -0.05) is 0 Å². The molecular weight excluding hydrogens is 518 g/mol. The highest BCUT2D eigenvalue weighted by molar-refractivity contribution is 6.16. The van der Waals surface area contributed by atoms with E-state index in [0.717, 1.165) is 53.2 Å². The number of anilines is 3. The molecule has 1 aromatic heterocycles. The Labute approximate surface area is 239 Å². The molecule has 0 atom stereocenters. The Morgan fingerprint density at radius 2 is 1.71 bits per heavy atom. The molecule has 2 heterocycles. The molecule has 212 valence electrons. The smallest absolute Gasteiger partial charge is 0.323 e. The van der Waals surface area contributed by atoms with Crippen molar-refractivity contribution in [1.29, 1.82) is 0 Å². The molecule has 0 fully saturated rings. The summed E-state index contributed by atoms with van der Waals surface area (Å²) in [4.78, 5) is 28.1. The van der Waals surface area contributed by atoms with Gasteiger partial charge in [0.15, 0.2) is 5.76 Å². The predicted molar refractivity (Wildman–Crippen MR) is 164 cm³/mol. The maximum Gasteiger partial charge on any atom is 0.323 e. The van der Waals surface area contributed by atoms with Crippen molar-refractivity contribution < 1.29 is 19.1 Å². The fraction of sp³-hybridized carbons (Fsp3) is 0.250. The van der Waals surface area contributed by atoms with E-state index in [1.54, 1.807) is 31.4 Å². The molecule has 0 radical (unpaired) electrons. The Balaban J connectivity index is 1.29. The number of fused-ring (bicyclic) bond motifs is 2. The number of allylic oxidation sites excluding steroid dienone is 1. The number of amides is 2. The minimum atomic E-state index is -0.405.